The van der Waals surface area contributed by atoms with Gasteiger partial charge in [0.15, 0.2) is 11.0 Å². The van der Waals surface area contributed by atoms with Gasteiger partial charge in [-0.2, -0.15) is 0 Å². The van der Waals surface area contributed by atoms with Crippen molar-refractivity contribution in [1.82, 2.24) is 24.1 Å². The van der Waals surface area contributed by atoms with Crippen LogP contribution in [0.4, 0.5) is 0 Å². The molecule has 0 spiro atoms. The fourth-order valence-electron chi connectivity index (χ4n) is 2.82. The lowest BCUT2D eigenvalue weighted by Gasteiger charge is -2.07. The summed E-state index contributed by atoms with van der Waals surface area (Å²) in [6, 6.07) is 15.3. The van der Waals surface area contributed by atoms with Gasteiger partial charge in [-0.15, -0.1) is 10.2 Å². The van der Waals surface area contributed by atoms with Gasteiger partial charge in [0.2, 0.25) is 0 Å². The molecule has 0 amide bonds. The van der Waals surface area contributed by atoms with Crippen molar-refractivity contribution in [3.8, 4) is 11.4 Å². The molecule has 0 radical (unpaired) electrons. The minimum Gasteiger partial charge on any atom is -0.302 e. The van der Waals surface area contributed by atoms with E-state index in [9.17, 15) is 4.79 Å². The molecule has 0 bridgehead atoms. The van der Waals surface area contributed by atoms with E-state index in [0.29, 0.717) is 11.4 Å². The molecule has 1 aromatic carbocycles. The molecule has 4 aromatic rings. The van der Waals surface area contributed by atoms with Crippen LogP contribution in [-0.4, -0.2) is 24.1 Å². The smallest absolute Gasteiger partial charge is 0.258 e. The second-order valence-electron chi connectivity index (χ2n) is 5.87. The monoisotopic (exact) mass is 441 g/mol. The van der Waals surface area contributed by atoms with Crippen molar-refractivity contribution in [3.05, 3.63) is 75.2 Å². The maximum atomic E-state index is 12.3. The summed E-state index contributed by atoms with van der Waals surface area (Å²) in [5, 5.41) is 9.49. The second kappa shape index (κ2) is 7.66. The Kier molecular flexibility index (Phi) is 5.09. The number of rotatable bonds is 5. The summed E-state index contributed by atoms with van der Waals surface area (Å²) in [6.07, 6.45) is 1.72. The Morgan fingerprint density at radius 1 is 1.11 bits per heavy atom. The second-order valence-corrected chi connectivity index (χ2v) is 7.72. The highest BCUT2D eigenvalue weighted by Gasteiger charge is 2.13. The van der Waals surface area contributed by atoms with Crippen LogP contribution in [0.3, 0.4) is 0 Å². The minimum absolute atomic E-state index is 0.0983. The molecule has 0 aliphatic heterocycles. The Bertz CT molecular complexity index is 1160. The van der Waals surface area contributed by atoms with Crippen LogP contribution in [0.15, 0.2) is 69.2 Å². The first-order valence-electron chi connectivity index (χ1n) is 8.45. The van der Waals surface area contributed by atoms with Crippen LogP contribution in [0.2, 0.25) is 0 Å². The Balaban J connectivity index is 1.61. The Morgan fingerprint density at radius 2 is 1.93 bits per heavy atom. The third-order valence-corrected chi connectivity index (χ3v) is 5.56. The van der Waals surface area contributed by atoms with Gasteiger partial charge in [-0.05, 0) is 35.0 Å². The normalized spacial score (nSPS) is 11.2. The molecule has 0 aliphatic carbocycles. The van der Waals surface area contributed by atoms with Gasteiger partial charge in [0, 0.05) is 34.6 Å². The van der Waals surface area contributed by atoms with E-state index < -0.39 is 0 Å². The van der Waals surface area contributed by atoms with E-state index in [0.717, 1.165) is 33.3 Å². The van der Waals surface area contributed by atoms with Crippen molar-refractivity contribution in [2.75, 3.05) is 0 Å². The number of hydrogen-bond donors (Lipinski definition) is 0. The highest BCUT2D eigenvalue weighted by atomic mass is 79.9. The summed E-state index contributed by atoms with van der Waals surface area (Å²) in [5.74, 6) is 1.39. The molecule has 8 heteroatoms. The Hall–Kier alpha value is -2.45. The molecule has 0 fully saturated rings. The Morgan fingerprint density at radius 3 is 2.70 bits per heavy atom. The van der Waals surface area contributed by atoms with Crippen LogP contribution >= 0.6 is 27.7 Å². The van der Waals surface area contributed by atoms with Crippen LogP contribution in [0, 0.1) is 0 Å². The van der Waals surface area contributed by atoms with Crippen molar-refractivity contribution in [2.45, 2.75) is 24.4 Å². The fraction of sp³-hybridized carbons (Fsp3) is 0.158. The molecular formula is C19H16BrN5OS. The van der Waals surface area contributed by atoms with Crippen LogP contribution in [0.25, 0.3) is 17.0 Å². The van der Waals surface area contributed by atoms with Crippen LogP contribution in [0.5, 0.6) is 0 Å². The summed E-state index contributed by atoms with van der Waals surface area (Å²) >= 11 is 4.90. The number of benzene rings is 1. The van der Waals surface area contributed by atoms with Gasteiger partial charge in [-0.1, -0.05) is 42.1 Å². The van der Waals surface area contributed by atoms with Crippen LogP contribution in [-0.2, 0) is 12.3 Å². The standard InChI is InChI=1S/C19H16BrN5OS/c1-2-24-18(13-6-4-3-5-7-13)22-23-19(24)27-12-15-10-17(26)25-11-14(20)8-9-16(25)21-15/h3-11H,2,12H2,1H3. The number of fused-ring (bicyclic) bond motifs is 1. The lowest BCUT2D eigenvalue weighted by atomic mass is 10.2. The van der Waals surface area contributed by atoms with Crippen LogP contribution < -0.4 is 5.56 Å². The lowest BCUT2D eigenvalue weighted by Crippen LogP contribution is -2.15. The third-order valence-electron chi connectivity index (χ3n) is 4.09. The van der Waals surface area contributed by atoms with Gasteiger partial charge < -0.3 is 4.57 Å². The number of thioether (sulfide) groups is 1. The summed E-state index contributed by atoms with van der Waals surface area (Å²) in [4.78, 5) is 16.9. The molecule has 0 N–H and O–H groups in total. The van der Waals surface area contributed by atoms with E-state index in [2.05, 4.69) is 42.6 Å². The molecule has 3 heterocycles. The zero-order valence-electron chi connectivity index (χ0n) is 14.5. The molecular weight excluding hydrogens is 426 g/mol. The summed E-state index contributed by atoms with van der Waals surface area (Å²) < 4.78 is 4.44. The lowest BCUT2D eigenvalue weighted by molar-refractivity contribution is 0.687. The predicted molar refractivity (Wildman–Crippen MR) is 110 cm³/mol. The molecule has 3 aromatic heterocycles. The number of pyridine rings is 1. The molecule has 4 rings (SSSR count). The average molecular weight is 442 g/mol. The van der Waals surface area contributed by atoms with Gasteiger partial charge in [0.05, 0.1) is 5.69 Å². The van der Waals surface area contributed by atoms with Crippen molar-refractivity contribution in [3.63, 3.8) is 0 Å². The molecule has 0 aliphatic rings. The van der Waals surface area contributed by atoms with Crippen molar-refractivity contribution in [1.29, 1.82) is 0 Å². The topological polar surface area (TPSA) is 65.1 Å². The molecule has 0 saturated heterocycles. The number of nitrogens with zero attached hydrogens (tertiary/aromatic N) is 5. The molecule has 6 nitrogen and oxygen atoms in total. The molecule has 0 atom stereocenters. The number of aromatic nitrogens is 5. The minimum atomic E-state index is -0.0983. The predicted octanol–water partition coefficient (Wildman–Crippen LogP) is 4.03. The van der Waals surface area contributed by atoms with Gasteiger partial charge >= 0.3 is 0 Å². The van der Waals surface area contributed by atoms with E-state index in [1.807, 2.05) is 42.5 Å². The van der Waals surface area contributed by atoms with E-state index in [1.165, 1.54) is 16.2 Å². The van der Waals surface area contributed by atoms with Gasteiger partial charge in [-0.25, -0.2) is 4.98 Å². The van der Waals surface area contributed by atoms with Gasteiger partial charge in [-0.3, -0.25) is 9.20 Å². The largest absolute Gasteiger partial charge is 0.302 e. The average Bonchev–Trinajstić information content (AvgIpc) is 3.10. The third kappa shape index (κ3) is 3.68. The molecule has 0 saturated carbocycles. The molecule has 0 unspecified atom stereocenters. The summed E-state index contributed by atoms with van der Waals surface area (Å²) in [7, 11) is 0. The molecule has 27 heavy (non-hydrogen) atoms. The van der Waals surface area contributed by atoms with Crippen molar-refractivity contribution < 1.29 is 0 Å². The maximum absolute atomic E-state index is 12.3. The molecule has 136 valence electrons. The first-order chi connectivity index (χ1) is 13.2. The first-order valence-corrected chi connectivity index (χ1v) is 10.2. The highest BCUT2D eigenvalue weighted by Crippen LogP contribution is 2.25. The summed E-state index contributed by atoms with van der Waals surface area (Å²) in [6.45, 7) is 2.83. The zero-order chi connectivity index (χ0) is 18.8. The Labute approximate surface area is 168 Å². The summed E-state index contributed by atoms with van der Waals surface area (Å²) in [5.41, 5.74) is 2.28. The zero-order valence-corrected chi connectivity index (χ0v) is 16.9. The van der Waals surface area contributed by atoms with Crippen LogP contribution in [0.1, 0.15) is 12.6 Å². The first kappa shape index (κ1) is 17.9. The van der Waals surface area contributed by atoms with Gasteiger partial charge in [0.25, 0.3) is 5.56 Å². The quantitative estimate of drug-likeness (QED) is 0.437. The number of halogens is 1. The number of hydrogen-bond acceptors (Lipinski definition) is 5. The van der Waals surface area contributed by atoms with Crippen molar-refractivity contribution in [2.24, 2.45) is 0 Å². The van der Waals surface area contributed by atoms with Gasteiger partial charge in [0.1, 0.15) is 5.65 Å². The van der Waals surface area contributed by atoms with E-state index >= 15 is 0 Å². The SMILES string of the molecule is CCn1c(SCc2cc(=O)n3cc(Br)ccc3n2)nnc1-c1ccccc1. The maximum Gasteiger partial charge on any atom is 0.258 e. The van der Waals surface area contributed by atoms with E-state index in [1.54, 1.807) is 12.3 Å². The highest BCUT2D eigenvalue weighted by molar-refractivity contribution is 9.10. The van der Waals surface area contributed by atoms with Crippen molar-refractivity contribution >= 4 is 33.3 Å². The van der Waals surface area contributed by atoms with E-state index in [4.69, 9.17) is 0 Å². The van der Waals surface area contributed by atoms with E-state index in [-0.39, 0.29) is 5.56 Å². The fourth-order valence-corrected chi connectivity index (χ4v) is 4.05.